The lowest BCUT2D eigenvalue weighted by Gasteiger charge is -2.33. The van der Waals surface area contributed by atoms with Crippen molar-refractivity contribution in [2.24, 2.45) is 0 Å². The Kier molecular flexibility index (Phi) is 10.7. The van der Waals surface area contributed by atoms with E-state index in [1.165, 1.54) is 11.4 Å². The molecule has 0 radical (unpaired) electrons. The van der Waals surface area contributed by atoms with Gasteiger partial charge in [-0.15, -0.1) is 0 Å². The van der Waals surface area contributed by atoms with E-state index >= 15 is 0 Å². The Bertz CT molecular complexity index is 750. The van der Waals surface area contributed by atoms with Gasteiger partial charge in [0.05, 0.1) is 0 Å². The maximum atomic E-state index is 12.7. The van der Waals surface area contributed by atoms with Crippen molar-refractivity contribution in [2.45, 2.75) is 60.4 Å². The molecule has 0 fully saturated rings. The van der Waals surface area contributed by atoms with Gasteiger partial charge in [0, 0.05) is 48.8 Å². The van der Waals surface area contributed by atoms with Crippen molar-refractivity contribution in [3.63, 3.8) is 0 Å². The summed E-state index contributed by atoms with van der Waals surface area (Å²) in [5.74, 6) is 0. The van der Waals surface area contributed by atoms with Crippen LogP contribution >= 0.6 is 0 Å². The summed E-state index contributed by atoms with van der Waals surface area (Å²) >= 11 is 0. The van der Waals surface area contributed by atoms with Crippen molar-refractivity contribution >= 4 is 23.5 Å². The van der Waals surface area contributed by atoms with Gasteiger partial charge in [0.2, 0.25) is 0 Å². The lowest BCUT2D eigenvalue weighted by Crippen LogP contribution is -2.36. The molecule has 0 aliphatic rings. The van der Waals surface area contributed by atoms with Gasteiger partial charge in [-0.25, -0.2) is 4.79 Å². The second-order valence-electron chi connectivity index (χ2n) is 8.23. The van der Waals surface area contributed by atoms with Crippen molar-refractivity contribution in [2.75, 3.05) is 44.4 Å². The van der Waals surface area contributed by atoms with Crippen molar-refractivity contribution < 1.29 is 4.79 Å². The molecule has 1 N–H and O–H groups in total. The SMILES string of the molecule is C/C=C(\CC)N(c1ccc(NC(=O)N(C)CCN(C)C)c(C)c1/C=C/CC)C(C)C. The van der Waals surface area contributed by atoms with Crippen LogP contribution in [0.1, 0.15) is 58.6 Å². The molecule has 0 bridgehead atoms. The first-order valence-corrected chi connectivity index (χ1v) is 11.1. The summed E-state index contributed by atoms with van der Waals surface area (Å²) in [5, 5.41) is 3.10. The van der Waals surface area contributed by atoms with E-state index in [4.69, 9.17) is 0 Å². The summed E-state index contributed by atoms with van der Waals surface area (Å²) in [5.41, 5.74) is 5.59. The molecule has 0 saturated heterocycles. The standard InChI is InChI=1S/C25H42N4O/c1-10-13-14-22-20(6)23(26-25(30)28(9)18-17-27(7)8)15-16-24(22)29(19(4)5)21(11-2)12-3/h11,13-16,19H,10,12,17-18H2,1-9H3,(H,26,30)/b14-13+,21-11+. The Morgan fingerprint density at radius 3 is 2.30 bits per heavy atom. The predicted octanol–water partition coefficient (Wildman–Crippen LogP) is 5.97. The Hall–Kier alpha value is -2.27. The number of urea groups is 1. The second kappa shape index (κ2) is 12.4. The van der Waals surface area contributed by atoms with Crippen LogP contribution in [0.25, 0.3) is 6.08 Å². The van der Waals surface area contributed by atoms with Gasteiger partial charge in [-0.1, -0.05) is 32.1 Å². The van der Waals surface area contributed by atoms with Crippen molar-refractivity contribution in [1.82, 2.24) is 9.80 Å². The highest BCUT2D eigenvalue weighted by atomic mass is 16.2. The fraction of sp³-hybridized carbons (Fsp3) is 0.560. The zero-order chi connectivity index (χ0) is 22.8. The molecule has 168 valence electrons. The third kappa shape index (κ3) is 6.91. The van der Waals surface area contributed by atoms with Gasteiger partial charge in [0.1, 0.15) is 0 Å². The summed E-state index contributed by atoms with van der Waals surface area (Å²) in [6, 6.07) is 4.42. The fourth-order valence-electron chi connectivity index (χ4n) is 3.45. The molecule has 0 atom stereocenters. The lowest BCUT2D eigenvalue weighted by molar-refractivity contribution is 0.217. The Morgan fingerprint density at radius 2 is 1.80 bits per heavy atom. The average Bonchev–Trinajstić information content (AvgIpc) is 2.70. The molecule has 5 nitrogen and oxygen atoms in total. The molecule has 30 heavy (non-hydrogen) atoms. The maximum absolute atomic E-state index is 12.7. The molecule has 0 saturated carbocycles. The van der Waals surface area contributed by atoms with Gasteiger partial charge in [-0.05, 0) is 72.3 Å². The number of benzene rings is 1. The molecular weight excluding hydrogens is 372 g/mol. The van der Waals surface area contributed by atoms with Gasteiger partial charge in [0.15, 0.2) is 0 Å². The van der Waals surface area contributed by atoms with Gasteiger partial charge in [0.25, 0.3) is 0 Å². The minimum atomic E-state index is -0.0819. The molecule has 1 aromatic carbocycles. The smallest absolute Gasteiger partial charge is 0.321 e. The highest BCUT2D eigenvalue weighted by Gasteiger charge is 2.20. The quantitative estimate of drug-likeness (QED) is 0.512. The molecule has 0 aliphatic carbocycles. The number of rotatable bonds is 10. The molecular formula is C25H42N4O. The number of carbonyl (C=O) groups is 1. The number of hydrogen-bond donors (Lipinski definition) is 1. The summed E-state index contributed by atoms with van der Waals surface area (Å²) < 4.78 is 0. The molecule has 0 spiro atoms. The minimum Gasteiger partial charge on any atom is -0.342 e. The normalized spacial score (nSPS) is 12.2. The predicted molar refractivity (Wildman–Crippen MR) is 132 cm³/mol. The molecule has 1 aromatic rings. The maximum Gasteiger partial charge on any atom is 0.321 e. The van der Waals surface area contributed by atoms with Crippen LogP contribution in [0.2, 0.25) is 0 Å². The average molecular weight is 415 g/mol. The highest BCUT2D eigenvalue weighted by Crippen LogP contribution is 2.34. The first kappa shape index (κ1) is 25.8. The molecule has 2 amide bonds. The second-order valence-corrected chi connectivity index (χ2v) is 8.23. The van der Waals surface area contributed by atoms with Crippen LogP contribution in [-0.4, -0.2) is 56.1 Å². The van der Waals surface area contributed by atoms with Crippen molar-refractivity contribution in [3.05, 3.63) is 41.1 Å². The van der Waals surface area contributed by atoms with Crippen molar-refractivity contribution in [1.29, 1.82) is 0 Å². The molecule has 0 unspecified atom stereocenters. The molecule has 0 heterocycles. The largest absolute Gasteiger partial charge is 0.342 e. The third-order valence-electron chi connectivity index (χ3n) is 5.26. The number of allylic oxidation sites excluding steroid dienone is 3. The third-order valence-corrected chi connectivity index (χ3v) is 5.26. The van der Waals surface area contributed by atoms with E-state index < -0.39 is 0 Å². The van der Waals surface area contributed by atoms with Crippen LogP contribution in [0, 0.1) is 6.92 Å². The molecule has 1 rings (SSSR count). The van der Waals surface area contributed by atoms with E-state index in [0.29, 0.717) is 12.6 Å². The lowest BCUT2D eigenvalue weighted by atomic mass is 10.0. The summed E-state index contributed by atoms with van der Waals surface area (Å²) in [7, 11) is 5.86. The Labute approximate surface area is 184 Å². The Balaban J connectivity index is 3.35. The van der Waals surface area contributed by atoms with Crippen LogP contribution in [0.5, 0.6) is 0 Å². The van der Waals surface area contributed by atoms with Gasteiger partial charge < -0.3 is 20.0 Å². The van der Waals surface area contributed by atoms with Crippen LogP contribution < -0.4 is 10.2 Å². The molecule has 0 aromatic heterocycles. The number of amides is 2. The zero-order valence-electron chi connectivity index (χ0n) is 20.5. The Morgan fingerprint density at radius 1 is 1.13 bits per heavy atom. The van der Waals surface area contributed by atoms with E-state index in [1.54, 1.807) is 4.90 Å². The number of hydrogen-bond acceptors (Lipinski definition) is 3. The molecule has 5 heteroatoms. The van der Waals surface area contributed by atoms with E-state index in [9.17, 15) is 4.79 Å². The van der Waals surface area contributed by atoms with Gasteiger partial charge in [-0.2, -0.15) is 0 Å². The summed E-state index contributed by atoms with van der Waals surface area (Å²) in [4.78, 5) is 18.9. The minimum absolute atomic E-state index is 0.0819. The number of anilines is 2. The summed E-state index contributed by atoms with van der Waals surface area (Å²) in [6.07, 6.45) is 8.50. The van der Waals surface area contributed by atoms with E-state index in [2.05, 4.69) is 81.0 Å². The summed E-state index contributed by atoms with van der Waals surface area (Å²) in [6.45, 7) is 14.5. The van der Waals surface area contributed by atoms with Crippen LogP contribution in [0.4, 0.5) is 16.2 Å². The first-order chi connectivity index (χ1) is 14.2. The van der Waals surface area contributed by atoms with Crippen LogP contribution in [0.3, 0.4) is 0 Å². The van der Waals surface area contributed by atoms with Gasteiger partial charge in [-0.3, -0.25) is 0 Å². The van der Waals surface area contributed by atoms with E-state index in [1.807, 2.05) is 27.2 Å². The number of carbonyl (C=O) groups excluding carboxylic acids is 1. The monoisotopic (exact) mass is 414 g/mol. The van der Waals surface area contributed by atoms with Crippen LogP contribution in [0.15, 0.2) is 30.0 Å². The van der Waals surface area contributed by atoms with E-state index in [0.717, 1.165) is 36.2 Å². The van der Waals surface area contributed by atoms with E-state index in [-0.39, 0.29) is 6.03 Å². The zero-order valence-corrected chi connectivity index (χ0v) is 20.5. The van der Waals surface area contributed by atoms with Gasteiger partial charge >= 0.3 is 6.03 Å². The molecule has 0 aliphatic heterocycles. The first-order valence-electron chi connectivity index (χ1n) is 11.1. The van der Waals surface area contributed by atoms with Crippen LogP contribution in [-0.2, 0) is 0 Å². The topological polar surface area (TPSA) is 38.8 Å². The number of nitrogens with zero attached hydrogens (tertiary/aromatic N) is 3. The number of nitrogens with one attached hydrogen (secondary N) is 1. The van der Waals surface area contributed by atoms with Crippen molar-refractivity contribution in [3.8, 4) is 0 Å². The number of likely N-dealkylation sites (N-methyl/N-ethyl adjacent to an activating group) is 2. The highest BCUT2D eigenvalue weighted by molar-refractivity contribution is 5.92. The fourth-order valence-corrected chi connectivity index (χ4v) is 3.45.